The number of rotatable bonds is 4. The van der Waals surface area contributed by atoms with Crippen molar-refractivity contribution in [1.82, 2.24) is 19.7 Å². The van der Waals surface area contributed by atoms with E-state index in [9.17, 15) is 5.11 Å². The first-order chi connectivity index (χ1) is 10.2. The smallest absolute Gasteiger partial charge is 0.157 e. The highest BCUT2D eigenvalue weighted by molar-refractivity contribution is 5.75. The molecule has 0 unspecified atom stereocenters. The number of nitrogens with zero attached hydrogens (tertiary/aromatic N) is 4. The Hall–Kier alpha value is -1.46. The summed E-state index contributed by atoms with van der Waals surface area (Å²) in [5, 5.41) is 14.7. The van der Waals surface area contributed by atoms with Gasteiger partial charge in [-0.2, -0.15) is 5.10 Å². The monoisotopic (exact) mass is 288 g/mol. The normalized spacial score (nSPS) is 17.9. The number of hydrogen-bond donors (Lipinski definition) is 1. The van der Waals surface area contributed by atoms with Crippen LogP contribution in [0.4, 0.5) is 0 Å². The van der Waals surface area contributed by atoms with Gasteiger partial charge >= 0.3 is 0 Å². The van der Waals surface area contributed by atoms with E-state index in [1.54, 1.807) is 0 Å². The third kappa shape index (κ3) is 3.09. The first-order valence-electron chi connectivity index (χ1n) is 7.82. The predicted octanol–water partition coefficient (Wildman–Crippen LogP) is 2.22. The summed E-state index contributed by atoms with van der Waals surface area (Å²) < 4.78 is 1.96. The van der Waals surface area contributed by atoms with E-state index >= 15 is 0 Å². The lowest BCUT2D eigenvalue weighted by Gasteiger charge is -2.30. The molecule has 114 valence electrons. The van der Waals surface area contributed by atoms with Gasteiger partial charge in [0.25, 0.3) is 0 Å². The Morgan fingerprint density at radius 1 is 1.29 bits per heavy atom. The number of aromatic nitrogens is 3. The average molecular weight is 288 g/mol. The lowest BCUT2D eigenvalue weighted by molar-refractivity contribution is 0.127. The Kier molecular flexibility index (Phi) is 4.22. The van der Waals surface area contributed by atoms with E-state index in [1.165, 1.54) is 5.56 Å². The summed E-state index contributed by atoms with van der Waals surface area (Å²) in [5.41, 5.74) is 2.21. The van der Waals surface area contributed by atoms with Gasteiger partial charge < -0.3 is 5.11 Å². The quantitative estimate of drug-likeness (QED) is 0.937. The summed E-state index contributed by atoms with van der Waals surface area (Å²) in [6, 6.07) is 2.53. The number of hydrogen-bond acceptors (Lipinski definition) is 4. The van der Waals surface area contributed by atoms with E-state index < -0.39 is 0 Å². The molecular weight excluding hydrogens is 264 g/mol. The van der Waals surface area contributed by atoms with Crippen LogP contribution in [-0.2, 0) is 6.54 Å². The second-order valence-corrected chi connectivity index (χ2v) is 6.34. The number of fused-ring (bicyclic) bond motifs is 1. The van der Waals surface area contributed by atoms with E-state index in [0.29, 0.717) is 18.6 Å². The van der Waals surface area contributed by atoms with Gasteiger partial charge in [0.1, 0.15) is 0 Å². The summed E-state index contributed by atoms with van der Waals surface area (Å²) in [6.45, 7) is 7.63. The highest BCUT2D eigenvalue weighted by Gasteiger charge is 2.18. The molecule has 2 aromatic heterocycles. The van der Waals surface area contributed by atoms with Crippen LogP contribution in [0.25, 0.3) is 11.0 Å². The molecule has 5 nitrogen and oxygen atoms in total. The zero-order chi connectivity index (χ0) is 14.8. The van der Waals surface area contributed by atoms with Gasteiger partial charge in [0, 0.05) is 30.8 Å². The van der Waals surface area contributed by atoms with Crippen molar-refractivity contribution >= 4 is 11.0 Å². The molecule has 3 rings (SSSR count). The Balaban J connectivity index is 1.71. The SMILES string of the molecule is CC(C)n1ncc2cc(CN3CCC(CO)CC3)cnc21. The van der Waals surface area contributed by atoms with Crippen molar-refractivity contribution in [3.8, 4) is 0 Å². The summed E-state index contributed by atoms with van der Waals surface area (Å²) in [4.78, 5) is 7.04. The molecule has 1 aliphatic heterocycles. The van der Waals surface area contributed by atoms with E-state index in [1.807, 2.05) is 17.1 Å². The first-order valence-corrected chi connectivity index (χ1v) is 7.82. The van der Waals surface area contributed by atoms with Crippen LogP contribution in [0.5, 0.6) is 0 Å². The maximum absolute atomic E-state index is 9.19. The molecule has 0 saturated carbocycles. The van der Waals surface area contributed by atoms with Gasteiger partial charge in [0.2, 0.25) is 0 Å². The minimum absolute atomic E-state index is 0.329. The summed E-state index contributed by atoms with van der Waals surface area (Å²) in [6.07, 6.45) is 6.07. The molecule has 21 heavy (non-hydrogen) atoms. The van der Waals surface area contributed by atoms with E-state index in [-0.39, 0.29) is 0 Å². The average Bonchev–Trinajstić information content (AvgIpc) is 2.91. The number of aliphatic hydroxyl groups excluding tert-OH is 1. The fraction of sp³-hybridized carbons (Fsp3) is 0.625. The molecule has 1 fully saturated rings. The zero-order valence-corrected chi connectivity index (χ0v) is 12.9. The molecule has 0 aromatic carbocycles. The molecule has 0 bridgehead atoms. The molecule has 0 spiro atoms. The van der Waals surface area contributed by atoms with E-state index in [2.05, 4.69) is 34.9 Å². The number of aliphatic hydroxyl groups is 1. The van der Waals surface area contributed by atoms with E-state index in [4.69, 9.17) is 0 Å². The molecule has 0 aliphatic carbocycles. The van der Waals surface area contributed by atoms with Crippen molar-refractivity contribution in [3.63, 3.8) is 0 Å². The van der Waals surface area contributed by atoms with Gasteiger partial charge in [-0.15, -0.1) is 0 Å². The number of pyridine rings is 1. The van der Waals surface area contributed by atoms with Crippen LogP contribution < -0.4 is 0 Å². The van der Waals surface area contributed by atoms with Crippen LogP contribution in [0.3, 0.4) is 0 Å². The highest BCUT2D eigenvalue weighted by atomic mass is 16.3. The lowest BCUT2D eigenvalue weighted by Crippen LogP contribution is -2.34. The highest BCUT2D eigenvalue weighted by Crippen LogP contribution is 2.20. The van der Waals surface area contributed by atoms with Crippen LogP contribution in [-0.4, -0.2) is 44.5 Å². The molecule has 0 amide bonds. The van der Waals surface area contributed by atoms with Crippen molar-refractivity contribution in [2.24, 2.45) is 5.92 Å². The van der Waals surface area contributed by atoms with Crippen molar-refractivity contribution in [2.45, 2.75) is 39.3 Å². The van der Waals surface area contributed by atoms with Gasteiger partial charge in [0.15, 0.2) is 5.65 Å². The Morgan fingerprint density at radius 2 is 2.05 bits per heavy atom. The van der Waals surface area contributed by atoms with Crippen molar-refractivity contribution in [3.05, 3.63) is 24.0 Å². The van der Waals surface area contributed by atoms with Crippen LogP contribution in [0.15, 0.2) is 18.5 Å². The topological polar surface area (TPSA) is 54.2 Å². The molecule has 3 heterocycles. The molecule has 5 heteroatoms. The van der Waals surface area contributed by atoms with Crippen molar-refractivity contribution in [1.29, 1.82) is 0 Å². The van der Waals surface area contributed by atoms with Gasteiger partial charge in [-0.3, -0.25) is 4.90 Å². The summed E-state index contributed by atoms with van der Waals surface area (Å²) in [7, 11) is 0. The second kappa shape index (κ2) is 6.12. The van der Waals surface area contributed by atoms with Crippen molar-refractivity contribution in [2.75, 3.05) is 19.7 Å². The summed E-state index contributed by atoms with van der Waals surface area (Å²) >= 11 is 0. The molecule has 0 radical (unpaired) electrons. The largest absolute Gasteiger partial charge is 0.396 e. The minimum Gasteiger partial charge on any atom is -0.396 e. The third-order valence-electron chi connectivity index (χ3n) is 4.35. The number of likely N-dealkylation sites (tertiary alicyclic amines) is 1. The molecule has 2 aromatic rings. The number of piperidine rings is 1. The predicted molar refractivity (Wildman–Crippen MR) is 83.0 cm³/mol. The Labute approximate surface area is 125 Å². The minimum atomic E-state index is 0.329. The van der Waals surface area contributed by atoms with Gasteiger partial charge in [-0.1, -0.05) is 0 Å². The Bertz CT molecular complexity index is 599. The summed E-state index contributed by atoms with van der Waals surface area (Å²) in [5.74, 6) is 0.492. The Morgan fingerprint density at radius 3 is 2.71 bits per heavy atom. The molecule has 1 saturated heterocycles. The molecule has 0 atom stereocenters. The maximum Gasteiger partial charge on any atom is 0.157 e. The van der Waals surface area contributed by atoms with Crippen LogP contribution in [0.2, 0.25) is 0 Å². The van der Waals surface area contributed by atoms with E-state index in [0.717, 1.165) is 43.5 Å². The fourth-order valence-corrected chi connectivity index (χ4v) is 3.04. The third-order valence-corrected chi connectivity index (χ3v) is 4.35. The van der Waals surface area contributed by atoms with Crippen LogP contribution in [0.1, 0.15) is 38.3 Å². The maximum atomic E-state index is 9.19. The molecular formula is C16H24N4O. The lowest BCUT2D eigenvalue weighted by atomic mass is 9.97. The zero-order valence-electron chi connectivity index (χ0n) is 12.9. The standard InChI is InChI=1S/C16H24N4O/c1-12(2)20-16-15(9-18-20)7-14(8-17-16)10-19-5-3-13(11-21)4-6-19/h7-9,12-13,21H,3-6,10-11H2,1-2H3. The van der Waals surface area contributed by atoms with Crippen molar-refractivity contribution < 1.29 is 5.11 Å². The first kappa shape index (κ1) is 14.5. The van der Waals surface area contributed by atoms with Crippen LogP contribution in [0, 0.1) is 5.92 Å². The van der Waals surface area contributed by atoms with Gasteiger partial charge in [0.05, 0.1) is 6.20 Å². The molecule has 1 aliphatic rings. The van der Waals surface area contributed by atoms with Gasteiger partial charge in [-0.05, 0) is 57.3 Å². The fourth-order valence-electron chi connectivity index (χ4n) is 3.04. The van der Waals surface area contributed by atoms with Crippen LogP contribution >= 0.6 is 0 Å². The molecule has 1 N–H and O–H groups in total. The van der Waals surface area contributed by atoms with Gasteiger partial charge in [-0.25, -0.2) is 9.67 Å². The second-order valence-electron chi connectivity index (χ2n) is 6.34.